The number of ether oxygens (including phenoxy) is 2. The molecule has 3 rings (SSSR count). The Hall–Kier alpha value is -3.83. The molecule has 0 aromatic heterocycles. The molecule has 3 aromatic rings. The first-order chi connectivity index (χ1) is 15.7. The number of nitrogens with one attached hydrogen (secondary N) is 1. The van der Waals surface area contributed by atoms with Gasteiger partial charge in [0.25, 0.3) is 5.91 Å². The highest BCUT2D eigenvalue weighted by Crippen LogP contribution is 2.38. The number of benzene rings is 3. The van der Waals surface area contributed by atoms with Gasteiger partial charge in [-0.2, -0.15) is 13.2 Å². The third-order valence-corrected chi connectivity index (χ3v) is 4.36. The molecule has 4 nitrogen and oxygen atoms in total. The van der Waals surface area contributed by atoms with E-state index >= 15 is 0 Å². The SMILES string of the molecule is Cc1ccc(C(F)(F)F)cc1Oc1ccc(NC(=O)c2c(F)cccc2F)c(OC(F)(F)F)c1. The van der Waals surface area contributed by atoms with Crippen LogP contribution in [0.3, 0.4) is 0 Å². The molecular formula is C22H13F8NO3. The highest BCUT2D eigenvalue weighted by Gasteiger charge is 2.33. The van der Waals surface area contributed by atoms with Crippen LogP contribution in [0.4, 0.5) is 40.8 Å². The number of rotatable bonds is 5. The Bertz CT molecular complexity index is 1200. The van der Waals surface area contributed by atoms with Crippen molar-refractivity contribution in [2.45, 2.75) is 19.5 Å². The summed E-state index contributed by atoms with van der Waals surface area (Å²) in [6, 6.07) is 7.67. The van der Waals surface area contributed by atoms with Crippen LogP contribution in [0.5, 0.6) is 17.2 Å². The third-order valence-electron chi connectivity index (χ3n) is 4.36. The van der Waals surface area contributed by atoms with Crippen molar-refractivity contribution in [3.63, 3.8) is 0 Å². The summed E-state index contributed by atoms with van der Waals surface area (Å²) in [6.07, 6.45) is -9.93. The lowest BCUT2D eigenvalue weighted by molar-refractivity contribution is -0.274. The van der Waals surface area contributed by atoms with Gasteiger partial charge >= 0.3 is 12.5 Å². The summed E-state index contributed by atoms with van der Waals surface area (Å²) in [5, 5.41) is 1.91. The van der Waals surface area contributed by atoms with E-state index in [9.17, 15) is 39.9 Å². The predicted octanol–water partition coefficient (Wildman–Crippen LogP) is 7.24. The van der Waals surface area contributed by atoms with Gasteiger partial charge in [0.15, 0.2) is 5.75 Å². The summed E-state index contributed by atoms with van der Waals surface area (Å²) < 4.78 is 114. The van der Waals surface area contributed by atoms with Crippen molar-refractivity contribution in [1.82, 2.24) is 0 Å². The lowest BCUT2D eigenvalue weighted by Crippen LogP contribution is -2.20. The van der Waals surface area contributed by atoms with Gasteiger partial charge in [0.05, 0.1) is 11.3 Å². The molecule has 0 atom stereocenters. The quantitative estimate of drug-likeness (QED) is 0.383. The van der Waals surface area contributed by atoms with E-state index in [0.29, 0.717) is 12.1 Å². The molecule has 0 spiro atoms. The maximum atomic E-state index is 13.8. The van der Waals surface area contributed by atoms with Crippen LogP contribution < -0.4 is 14.8 Å². The minimum absolute atomic E-state index is 0.249. The average molecular weight is 491 g/mol. The van der Waals surface area contributed by atoms with Gasteiger partial charge in [-0.3, -0.25) is 4.79 Å². The van der Waals surface area contributed by atoms with Crippen LogP contribution in [0, 0.1) is 18.6 Å². The molecular weight excluding hydrogens is 478 g/mol. The third kappa shape index (κ3) is 5.94. The fourth-order valence-corrected chi connectivity index (χ4v) is 2.79. The monoisotopic (exact) mass is 491 g/mol. The Balaban J connectivity index is 1.96. The van der Waals surface area contributed by atoms with Crippen LogP contribution in [0.2, 0.25) is 0 Å². The summed E-state index contributed by atoms with van der Waals surface area (Å²) in [5.41, 5.74) is -2.46. The minimum atomic E-state index is -5.24. The van der Waals surface area contributed by atoms with E-state index < -0.39 is 52.6 Å². The molecule has 12 heteroatoms. The van der Waals surface area contributed by atoms with Gasteiger partial charge in [-0.1, -0.05) is 12.1 Å². The lowest BCUT2D eigenvalue weighted by atomic mass is 10.1. The van der Waals surface area contributed by atoms with Gasteiger partial charge in [0, 0.05) is 6.07 Å². The van der Waals surface area contributed by atoms with Gasteiger partial charge < -0.3 is 14.8 Å². The Labute approximate surface area is 186 Å². The van der Waals surface area contributed by atoms with Crippen LogP contribution in [0.15, 0.2) is 54.6 Å². The zero-order valence-electron chi connectivity index (χ0n) is 16.9. The standard InChI is InChI=1S/C22H13F8NO3/c1-11-5-6-12(21(25,26)27)9-17(11)33-13-7-8-16(18(10-13)34-22(28,29)30)31-20(32)19-14(23)3-2-4-15(19)24/h2-10H,1H3,(H,31,32). The summed E-state index contributed by atoms with van der Waals surface area (Å²) in [6.45, 7) is 1.42. The normalized spacial score (nSPS) is 11.8. The van der Waals surface area contributed by atoms with Crippen molar-refractivity contribution in [1.29, 1.82) is 0 Å². The fourth-order valence-electron chi connectivity index (χ4n) is 2.79. The molecule has 0 heterocycles. The van der Waals surface area contributed by atoms with Crippen LogP contribution in [0.25, 0.3) is 0 Å². The lowest BCUT2D eigenvalue weighted by Gasteiger charge is -2.17. The molecule has 3 aromatic carbocycles. The number of hydrogen-bond donors (Lipinski definition) is 1. The molecule has 0 aliphatic rings. The van der Waals surface area contributed by atoms with Gasteiger partial charge in [-0.15, -0.1) is 13.2 Å². The van der Waals surface area contributed by atoms with E-state index in [0.717, 1.165) is 42.5 Å². The second-order valence-electron chi connectivity index (χ2n) is 6.84. The topological polar surface area (TPSA) is 47.6 Å². The maximum Gasteiger partial charge on any atom is 0.573 e. The molecule has 0 aliphatic carbocycles. The number of aryl methyl sites for hydroxylation is 1. The molecule has 0 aliphatic heterocycles. The van der Waals surface area contributed by atoms with E-state index in [4.69, 9.17) is 4.74 Å². The van der Waals surface area contributed by atoms with Crippen LogP contribution in [0.1, 0.15) is 21.5 Å². The number of alkyl halides is 6. The number of halogens is 8. The van der Waals surface area contributed by atoms with Gasteiger partial charge in [-0.05, 0) is 48.9 Å². The van der Waals surface area contributed by atoms with Crippen molar-refractivity contribution < 1.29 is 49.4 Å². The van der Waals surface area contributed by atoms with E-state index in [2.05, 4.69) is 4.74 Å². The Morgan fingerprint density at radius 3 is 2.09 bits per heavy atom. The zero-order valence-corrected chi connectivity index (χ0v) is 16.9. The first-order valence-corrected chi connectivity index (χ1v) is 9.25. The highest BCUT2D eigenvalue weighted by molar-refractivity contribution is 6.05. The van der Waals surface area contributed by atoms with E-state index in [1.807, 2.05) is 5.32 Å². The van der Waals surface area contributed by atoms with Crippen LogP contribution in [-0.4, -0.2) is 12.3 Å². The van der Waals surface area contributed by atoms with Crippen LogP contribution in [-0.2, 0) is 6.18 Å². The van der Waals surface area contributed by atoms with Gasteiger partial charge in [0.2, 0.25) is 0 Å². The van der Waals surface area contributed by atoms with Crippen molar-refractivity contribution in [2.75, 3.05) is 5.32 Å². The van der Waals surface area contributed by atoms with Crippen LogP contribution >= 0.6 is 0 Å². The first kappa shape index (κ1) is 24.8. The number of anilines is 1. The van der Waals surface area contributed by atoms with Gasteiger partial charge in [0.1, 0.15) is 28.7 Å². The largest absolute Gasteiger partial charge is 0.573 e. The van der Waals surface area contributed by atoms with Gasteiger partial charge in [-0.25, -0.2) is 8.78 Å². The molecule has 0 bridgehead atoms. The Morgan fingerprint density at radius 2 is 1.50 bits per heavy atom. The van der Waals surface area contributed by atoms with E-state index in [-0.39, 0.29) is 17.1 Å². The zero-order chi connectivity index (χ0) is 25.3. The molecule has 0 fully saturated rings. The molecule has 0 saturated carbocycles. The van der Waals surface area contributed by atoms with Crippen molar-refractivity contribution >= 4 is 11.6 Å². The Kier molecular flexibility index (Phi) is 6.71. The number of hydrogen-bond acceptors (Lipinski definition) is 3. The smallest absolute Gasteiger partial charge is 0.457 e. The fraction of sp³-hybridized carbons (Fsp3) is 0.136. The van der Waals surface area contributed by atoms with E-state index in [1.165, 1.54) is 6.92 Å². The van der Waals surface area contributed by atoms with Crippen molar-refractivity contribution in [3.8, 4) is 17.2 Å². The molecule has 1 N–H and O–H groups in total. The minimum Gasteiger partial charge on any atom is -0.457 e. The van der Waals surface area contributed by atoms with Crippen molar-refractivity contribution in [3.05, 3.63) is 82.9 Å². The summed E-state index contributed by atoms with van der Waals surface area (Å²) >= 11 is 0. The maximum absolute atomic E-state index is 13.8. The second-order valence-corrected chi connectivity index (χ2v) is 6.84. The first-order valence-electron chi connectivity index (χ1n) is 9.25. The summed E-state index contributed by atoms with van der Waals surface area (Å²) in [4.78, 5) is 12.3. The molecule has 180 valence electrons. The summed E-state index contributed by atoms with van der Waals surface area (Å²) in [5.74, 6) is -5.59. The molecule has 34 heavy (non-hydrogen) atoms. The molecule has 1 amide bonds. The summed E-state index contributed by atoms with van der Waals surface area (Å²) in [7, 11) is 0. The van der Waals surface area contributed by atoms with E-state index in [1.54, 1.807) is 0 Å². The molecule has 0 radical (unpaired) electrons. The highest BCUT2D eigenvalue weighted by atomic mass is 19.4. The van der Waals surface area contributed by atoms with Crippen molar-refractivity contribution in [2.24, 2.45) is 0 Å². The Morgan fingerprint density at radius 1 is 0.853 bits per heavy atom. The average Bonchev–Trinajstić information content (AvgIpc) is 2.69. The molecule has 0 saturated heterocycles. The number of amides is 1. The second kappa shape index (κ2) is 9.20. The predicted molar refractivity (Wildman–Crippen MR) is 104 cm³/mol. The number of carbonyl (C=O) groups excluding carboxylic acids is 1. The molecule has 0 unspecified atom stereocenters. The number of carbonyl (C=O) groups is 1.